The first-order valence-electron chi connectivity index (χ1n) is 8.28. The van der Waals surface area contributed by atoms with E-state index in [2.05, 4.69) is 23.5 Å². The average Bonchev–Trinajstić information content (AvgIpc) is 2.63. The van der Waals surface area contributed by atoms with Gasteiger partial charge in [0.15, 0.2) is 0 Å². The Kier molecular flexibility index (Phi) is 8.86. The van der Waals surface area contributed by atoms with Crippen LogP contribution in [0.1, 0.15) is 30.6 Å². The first-order valence-corrected chi connectivity index (χ1v) is 8.28. The van der Waals surface area contributed by atoms with Gasteiger partial charge in [-0.15, -0.1) is 0 Å². The van der Waals surface area contributed by atoms with Crippen LogP contribution in [0.25, 0.3) is 0 Å². The third-order valence-corrected chi connectivity index (χ3v) is 4.02. The van der Waals surface area contributed by atoms with Crippen LogP contribution in [0, 0.1) is 0 Å². The van der Waals surface area contributed by atoms with E-state index in [4.69, 9.17) is 4.74 Å². The number of hydrogen-bond acceptors (Lipinski definition) is 5. The van der Waals surface area contributed by atoms with Gasteiger partial charge in [0.05, 0.1) is 26.2 Å². The van der Waals surface area contributed by atoms with Crippen molar-refractivity contribution in [3.8, 4) is 5.75 Å². The van der Waals surface area contributed by atoms with Crippen molar-refractivity contribution in [1.82, 2.24) is 9.80 Å². The number of amides is 1. The Morgan fingerprint density at radius 3 is 2.25 bits per heavy atom. The van der Waals surface area contributed by atoms with E-state index in [1.54, 1.807) is 30.2 Å². The van der Waals surface area contributed by atoms with Gasteiger partial charge in [-0.05, 0) is 25.2 Å². The van der Waals surface area contributed by atoms with Crippen molar-refractivity contribution >= 4 is 11.9 Å². The lowest BCUT2D eigenvalue weighted by molar-refractivity contribution is -0.140. The third-order valence-electron chi connectivity index (χ3n) is 4.02. The highest BCUT2D eigenvalue weighted by atomic mass is 16.5. The van der Waals surface area contributed by atoms with Crippen LogP contribution in [0.5, 0.6) is 5.75 Å². The van der Waals surface area contributed by atoms with Crippen LogP contribution in [0.15, 0.2) is 24.3 Å². The van der Waals surface area contributed by atoms with E-state index in [0.29, 0.717) is 24.4 Å². The summed E-state index contributed by atoms with van der Waals surface area (Å²) in [5, 5.41) is 0. The van der Waals surface area contributed by atoms with Gasteiger partial charge in [0.1, 0.15) is 5.75 Å². The molecule has 0 heterocycles. The zero-order chi connectivity index (χ0) is 17.9. The van der Waals surface area contributed by atoms with Crippen LogP contribution in [0.2, 0.25) is 0 Å². The molecule has 24 heavy (non-hydrogen) atoms. The van der Waals surface area contributed by atoms with Crippen molar-refractivity contribution in [3.05, 3.63) is 29.8 Å². The van der Waals surface area contributed by atoms with Crippen molar-refractivity contribution in [3.63, 3.8) is 0 Å². The number of likely N-dealkylation sites (N-methyl/N-ethyl adjacent to an activating group) is 1. The molecule has 1 amide bonds. The number of carbonyl (C=O) groups excluding carboxylic acids is 2. The molecule has 1 rings (SSSR count). The standard InChI is InChI=1S/C18H28N2O4/c1-5-19(6-2)13-14-20(12-11-17(21)24-4)18(22)15-9-7-8-10-16(15)23-3/h7-10H,5-6,11-14H2,1-4H3. The van der Waals surface area contributed by atoms with E-state index in [1.165, 1.54) is 7.11 Å². The van der Waals surface area contributed by atoms with Gasteiger partial charge in [0.25, 0.3) is 5.91 Å². The van der Waals surface area contributed by atoms with E-state index < -0.39 is 0 Å². The van der Waals surface area contributed by atoms with Gasteiger partial charge < -0.3 is 19.3 Å². The Labute approximate surface area is 144 Å². The van der Waals surface area contributed by atoms with Crippen molar-refractivity contribution in [2.75, 3.05) is 46.9 Å². The Morgan fingerprint density at radius 1 is 1.00 bits per heavy atom. The van der Waals surface area contributed by atoms with Crippen molar-refractivity contribution in [1.29, 1.82) is 0 Å². The number of para-hydroxylation sites is 1. The molecule has 0 N–H and O–H groups in total. The SMILES string of the molecule is CCN(CC)CCN(CCC(=O)OC)C(=O)c1ccccc1OC. The van der Waals surface area contributed by atoms with E-state index in [9.17, 15) is 9.59 Å². The first kappa shape index (κ1) is 20.0. The van der Waals surface area contributed by atoms with Gasteiger partial charge >= 0.3 is 5.97 Å². The minimum absolute atomic E-state index is 0.136. The predicted octanol–water partition coefficient (Wildman–Crippen LogP) is 2.04. The summed E-state index contributed by atoms with van der Waals surface area (Å²) in [6.45, 7) is 7.65. The summed E-state index contributed by atoms with van der Waals surface area (Å²) in [4.78, 5) is 28.3. The number of hydrogen-bond donors (Lipinski definition) is 0. The summed E-state index contributed by atoms with van der Waals surface area (Å²) in [5.74, 6) is 0.0765. The molecule has 6 nitrogen and oxygen atoms in total. The summed E-state index contributed by atoms with van der Waals surface area (Å²) >= 11 is 0. The Bertz CT molecular complexity index is 530. The molecule has 6 heteroatoms. The molecule has 0 atom stereocenters. The zero-order valence-corrected chi connectivity index (χ0v) is 15.1. The normalized spacial score (nSPS) is 10.5. The van der Waals surface area contributed by atoms with Crippen LogP contribution in [0.4, 0.5) is 0 Å². The zero-order valence-electron chi connectivity index (χ0n) is 15.1. The van der Waals surface area contributed by atoms with E-state index >= 15 is 0 Å². The Balaban J connectivity index is 2.89. The van der Waals surface area contributed by atoms with E-state index in [1.807, 2.05) is 6.07 Å². The Hall–Kier alpha value is -2.08. The number of nitrogens with zero attached hydrogens (tertiary/aromatic N) is 2. The highest BCUT2D eigenvalue weighted by Gasteiger charge is 2.20. The molecular weight excluding hydrogens is 308 g/mol. The number of methoxy groups -OCH3 is 2. The van der Waals surface area contributed by atoms with Gasteiger partial charge in [-0.1, -0.05) is 26.0 Å². The van der Waals surface area contributed by atoms with Gasteiger partial charge in [0.2, 0.25) is 0 Å². The first-order chi connectivity index (χ1) is 11.6. The lowest BCUT2D eigenvalue weighted by Gasteiger charge is -2.26. The molecule has 0 aromatic heterocycles. The molecule has 0 radical (unpaired) electrons. The third kappa shape index (κ3) is 5.85. The Morgan fingerprint density at radius 2 is 1.67 bits per heavy atom. The minimum atomic E-state index is -0.323. The minimum Gasteiger partial charge on any atom is -0.496 e. The molecule has 0 spiro atoms. The summed E-state index contributed by atoms with van der Waals surface area (Å²) in [6, 6.07) is 7.13. The van der Waals surface area contributed by atoms with Gasteiger partial charge in [0, 0.05) is 19.6 Å². The predicted molar refractivity (Wildman–Crippen MR) is 93.3 cm³/mol. The second-order valence-corrected chi connectivity index (χ2v) is 5.35. The summed E-state index contributed by atoms with van der Waals surface area (Å²) < 4.78 is 9.97. The maximum Gasteiger partial charge on any atom is 0.307 e. The van der Waals surface area contributed by atoms with Crippen LogP contribution in [0.3, 0.4) is 0 Å². The molecule has 1 aromatic carbocycles. The molecule has 0 fully saturated rings. The summed E-state index contributed by atoms with van der Waals surface area (Å²) in [7, 11) is 2.89. The van der Waals surface area contributed by atoms with Gasteiger partial charge in [-0.2, -0.15) is 0 Å². The highest BCUT2D eigenvalue weighted by molar-refractivity contribution is 5.97. The highest BCUT2D eigenvalue weighted by Crippen LogP contribution is 2.19. The topological polar surface area (TPSA) is 59.1 Å². The van der Waals surface area contributed by atoms with Gasteiger partial charge in [-0.25, -0.2) is 0 Å². The molecular formula is C18H28N2O4. The molecule has 0 bridgehead atoms. The lowest BCUT2D eigenvalue weighted by atomic mass is 10.1. The van der Waals surface area contributed by atoms with Crippen molar-refractivity contribution < 1.29 is 19.1 Å². The second kappa shape index (κ2) is 10.6. The van der Waals surface area contributed by atoms with Crippen molar-refractivity contribution in [2.45, 2.75) is 20.3 Å². The molecule has 1 aromatic rings. The number of ether oxygens (including phenoxy) is 2. The van der Waals surface area contributed by atoms with Gasteiger partial charge in [-0.3, -0.25) is 9.59 Å². The largest absolute Gasteiger partial charge is 0.496 e. The second-order valence-electron chi connectivity index (χ2n) is 5.35. The van der Waals surface area contributed by atoms with E-state index in [-0.39, 0.29) is 18.3 Å². The molecule has 0 aliphatic rings. The quantitative estimate of drug-likeness (QED) is 0.612. The maximum absolute atomic E-state index is 12.9. The molecule has 0 unspecified atom stereocenters. The van der Waals surface area contributed by atoms with Crippen molar-refractivity contribution in [2.24, 2.45) is 0 Å². The summed E-state index contributed by atoms with van der Waals surface area (Å²) in [5.41, 5.74) is 0.504. The molecule has 0 saturated carbocycles. The van der Waals surface area contributed by atoms with E-state index in [0.717, 1.165) is 19.6 Å². The number of benzene rings is 1. The fourth-order valence-corrected chi connectivity index (χ4v) is 2.44. The van der Waals surface area contributed by atoms with Crippen LogP contribution in [-0.4, -0.2) is 68.6 Å². The lowest BCUT2D eigenvalue weighted by Crippen LogP contribution is -2.40. The average molecular weight is 336 g/mol. The number of carbonyl (C=O) groups is 2. The molecule has 0 aliphatic carbocycles. The number of esters is 1. The fraction of sp³-hybridized carbons (Fsp3) is 0.556. The maximum atomic E-state index is 12.9. The van der Waals surface area contributed by atoms with Crippen LogP contribution in [-0.2, 0) is 9.53 Å². The van der Waals surface area contributed by atoms with Crippen LogP contribution < -0.4 is 4.74 Å². The molecule has 134 valence electrons. The molecule has 0 aliphatic heterocycles. The fourth-order valence-electron chi connectivity index (χ4n) is 2.44. The summed E-state index contributed by atoms with van der Waals surface area (Å²) in [6.07, 6.45) is 0.176. The smallest absolute Gasteiger partial charge is 0.307 e. The number of rotatable bonds is 10. The molecule has 0 saturated heterocycles. The monoisotopic (exact) mass is 336 g/mol. The van der Waals surface area contributed by atoms with Crippen LogP contribution >= 0.6 is 0 Å².